The van der Waals surface area contributed by atoms with Crippen LogP contribution in [0.4, 0.5) is 0 Å². The number of guanidine groups is 2. The Kier molecular flexibility index (Phi) is 20.8. The number of carboxylic acids is 1. The van der Waals surface area contributed by atoms with Gasteiger partial charge in [-0.1, -0.05) is 12.5 Å². The second-order valence-electron chi connectivity index (χ2n) is 21.7. The van der Waals surface area contributed by atoms with Crippen LogP contribution < -0.4 is 61.0 Å². The molecule has 2 aliphatic carbocycles. The lowest BCUT2D eigenvalue weighted by Crippen LogP contribution is -2.68. The average Bonchev–Trinajstić information content (AvgIpc) is 4.34. The second kappa shape index (κ2) is 27.3. The van der Waals surface area contributed by atoms with Gasteiger partial charge in [0.15, 0.2) is 40.6 Å². The van der Waals surface area contributed by atoms with Crippen molar-refractivity contribution in [2.75, 3.05) is 39.3 Å². The van der Waals surface area contributed by atoms with E-state index in [0.29, 0.717) is 36.1 Å². The van der Waals surface area contributed by atoms with E-state index in [-0.39, 0.29) is 108 Å². The number of fused-ring (bicyclic) bond motifs is 2. The minimum atomic E-state index is -3.20. The fourth-order valence-electron chi connectivity index (χ4n) is 12.7. The van der Waals surface area contributed by atoms with E-state index >= 15 is 24.0 Å². The van der Waals surface area contributed by atoms with Crippen molar-refractivity contribution in [3.8, 4) is 0 Å². The molecule has 0 bridgehead atoms. The number of aliphatic hydroxyl groups is 2. The third-order valence-corrected chi connectivity index (χ3v) is 17.4. The predicted octanol–water partition coefficient (Wildman–Crippen LogP) is -4.09. The summed E-state index contributed by atoms with van der Waals surface area (Å²) in [4.78, 5) is 150. The molecule has 0 aromatic carbocycles. The largest absolute Gasteiger partial charge is 0.480 e. The first kappa shape index (κ1) is 61.8. The summed E-state index contributed by atoms with van der Waals surface area (Å²) < 4.78 is 0. The lowest BCUT2D eigenvalue weighted by molar-refractivity contribution is -0.157. The number of nitrogens with two attached hydrogens (primary N) is 6. The highest BCUT2D eigenvalue weighted by atomic mass is 32.1. The Morgan fingerprint density at radius 2 is 1.56 bits per heavy atom. The SMILES string of the molecule is NC(N)=NCCCC(N)C(=O)NC(CCCN=C(N)N)C(=O)N1CCCC1C(=O)C1CCCC2NC(C(=O)O)(C(=O)C(CO)NC(=O)C(N)Cc3cccs3)C(C(=O)c3nccc4c3CCCC4)C21C(=O)CNC(=O)C1CC(O)CN1. The van der Waals surface area contributed by atoms with Gasteiger partial charge in [0.2, 0.25) is 23.6 Å². The van der Waals surface area contributed by atoms with Crippen molar-refractivity contribution in [1.29, 1.82) is 0 Å². The molecule has 1 saturated carbocycles. The smallest absolute Gasteiger partial charge is 0.332 e. The number of ketones is 4. The van der Waals surface area contributed by atoms with Crippen LogP contribution in [-0.4, -0.2) is 183 Å². The van der Waals surface area contributed by atoms with E-state index in [9.17, 15) is 34.5 Å². The fraction of sp³-hybridized carbons (Fsp3) is 0.623. The first-order valence-corrected chi connectivity index (χ1v) is 28.5. The molecule has 27 nitrogen and oxygen atoms in total. The van der Waals surface area contributed by atoms with Crippen LogP contribution in [0.1, 0.15) is 104 Å². The van der Waals surface area contributed by atoms with Gasteiger partial charge in [0.1, 0.15) is 17.8 Å². The number of nitrogens with one attached hydrogen (secondary N) is 5. The Bertz CT molecular complexity index is 2740. The number of aromatic nitrogens is 1. The number of β-amino-alcohol motifs (C(OH)–C–C–N with tert-alkyl or cyclic N) is 1. The highest BCUT2D eigenvalue weighted by molar-refractivity contribution is 7.09. The predicted molar refractivity (Wildman–Crippen MR) is 296 cm³/mol. The van der Waals surface area contributed by atoms with Crippen molar-refractivity contribution in [2.45, 2.75) is 150 Å². The summed E-state index contributed by atoms with van der Waals surface area (Å²) in [6, 6.07) is -4.37. The molecule has 81 heavy (non-hydrogen) atoms. The van der Waals surface area contributed by atoms with Crippen molar-refractivity contribution in [1.82, 2.24) is 36.5 Å². The molecular weight excluding hydrogens is 1070 g/mol. The molecule has 20 N–H and O–H groups in total. The molecule has 3 saturated heterocycles. The van der Waals surface area contributed by atoms with E-state index in [4.69, 9.17) is 34.4 Å². The van der Waals surface area contributed by atoms with Gasteiger partial charge < -0.3 is 75.9 Å². The molecule has 7 rings (SSSR count). The topological polar surface area (TPSA) is 471 Å². The maximum Gasteiger partial charge on any atom is 0.332 e. The van der Waals surface area contributed by atoms with Crippen molar-refractivity contribution in [3.05, 3.63) is 51.5 Å². The summed E-state index contributed by atoms with van der Waals surface area (Å²) in [6.07, 6.45) is 3.36. The van der Waals surface area contributed by atoms with Crippen molar-refractivity contribution < 1.29 is 58.5 Å². The van der Waals surface area contributed by atoms with Gasteiger partial charge in [-0.2, -0.15) is 0 Å². The van der Waals surface area contributed by atoms with Gasteiger partial charge in [0, 0.05) is 55.6 Å². The first-order valence-electron chi connectivity index (χ1n) is 27.7. The van der Waals surface area contributed by atoms with Crippen molar-refractivity contribution in [3.63, 3.8) is 0 Å². The Balaban J connectivity index is 1.34. The molecule has 2 aromatic heterocycles. The van der Waals surface area contributed by atoms with E-state index in [1.54, 1.807) is 23.6 Å². The zero-order chi connectivity index (χ0) is 58.8. The number of amides is 4. The molecule has 4 fully saturated rings. The van der Waals surface area contributed by atoms with Crippen molar-refractivity contribution >= 4 is 76.0 Å². The van der Waals surface area contributed by atoms with Crippen LogP contribution in [0.5, 0.6) is 0 Å². The monoisotopic (exact) mass is 1150 g/mol. The summed E-state index contributed by atoms with van der Waals surface area (Å²) in [5.74, 6) is -13.7. The van der Waals surface area contributed by atoms with Crippen LogP contribution in [0.3, 0.4) is 0 Å². The summed E-state index contributed by atoms with van der Waals surface area (Å²) in [6.45, 7) is -1.80. The second-order valence-corrected chi connectivity index (χ2v) is 22.7. The van der Waals surface area contributed by atoms with Crippen LogP contribution in [0.15, 0.2) is 39.8 Å². The molecule has 5 heterocycles. The molecule has 0 spiro atoms. The molecule has 12 atom stereocenters. The Hall–Kier alpha value is -6.82. The number of rotatable bonds is 27. The van der Waals surface area contributed by atoms with Crippen LogP contribution in [0.25, 0.3) is 0 Å². The normalized spacial score (nSPS) is 26.3. The number of aliphatic hydroxyl groups excluding tert-OH is 2. The minimum absolute atomic E-state index is 0.00963. The Labute approximate surface area is 472 Å². The van der Waals surface area contributed by atoms with Crippen LogP contribution >= 0.6 is 11.3 Å². The molecule has 0 radical (unpaired) electrons. The highest BCUT2D eigenvalue weighted by Gasteiger charge is 2.77. The van der Waals surface area contributed by atoms with Gasteiger partial charge in [0.25, 0.3) is 0 Å². The number of Topliss-reactive ketones (excluding diaryl/α,β-unsaturated/α-hetero) is 4. The lowest BCUT2D eigenvalue weighted by Gasteiger charge is -2.48. The number of likely N-dealkylation sites (tertiary alicyclic amines) is 1. The number of carbonyl (C=O) groups is 9. The number of carboxylic acid groups (broad SMARTS) is 1. The van der Waals surface area contributed by atoms with Gasteiger partial charge in [-0.05, 0) is 112 Å². The number of aryl methyl sites for hydroxylation is 1. The van der Waals surface area contributed by atoms with Crippen LogP contribution in [0, 0.1) is 17.3 Å². The van der Waals surface area contributed by atoms with E-state index in [1.807, 2.05) is 0 Å². The third-order valence-electron chi connectivity index (χ3n) is 16.5. The summed E-state index contributed by atoms with van der Waals surface area (Å²) in [5.41, 5.74) is 29.8. The van der Waals surface area contributed by atoms with E-state index in [0.717, 1.165) is 12.0 Å². The van der Waals surface area contributed by atoms with Gasteiger partial charge in [-0.15, -0.1) is 11.3 Å². The zero-order valence-corrected chi connectivity index (χ0v) is 46.0. The van der Waals surface area contributed by atoms with E-state index in [2.05, 4.69) is 41.6 Å². The minimum Gasteiger partial charge on any atom is -0.480 e. The summed E-state index contributed by atoms with van der Waals surface area (Å²) in [5, 5.41) is 48.4. The number of pyridine rings is 1. The fourth-order valence-corrected chi connectivity index (χ4v) is 13.5. The number of hydrogen-bond acceptors (Lipinski definition) is 19. The number of carbonyl (C=O) groups excluding carboxylic acids is 8. The molecule has 5 aliphatic rings. The Morgan fingerprint density at radius 3 is 2.21 bits per heavy atom. The number of aliphatic imine (C=N–C) groups is 2. The number of nitrogens with zero attached hydrogens (tertiary/aromatic N) is 4. The lowest BCUT2D eigenvalue weighted by atomic mass is 9.51. The maximum atomic E-state index is 16.3. The van der Waals surface area contributed by atoms with E-state index < -0.39 is 137 Å². The molecule has 2 aromatic rings. The number of aliphatic carboxylic acids is 1. The molecule has 4 amide bonds. The standard InChI is InChI=1S/C53H77N15O12S/c54-32(12-4-17-61-50(56)57)45(75)65-34(13-5-18-62-51(58)59)48(78)68-20-6-14-37(68)41(72)31-11-3-15-38-52(31,39(71)25-64-47(77)35-22-28(70)24-63-35)43(42(73)40-30-10-2-1-8-27(30)16-19-60-40)53(67-38,49(79)80)44(74)36(26-69)66-46(76)33(55)23-29-9-7-21-81-29/h7,9,16,19,21,28,31-38,43,63,67,69-70H,1-6,8,10-15,17-18,20,22-26,54-55H2,(H,64,77)(H,65,75)(H,66,76)(H,79,80)(H4,56,57,61)(H4,58,59,62). The van der Waals surface area contributed by atoms with Crippen molar-refractivity contribution in [2.24, 2.45) is 61.6 Å². The van der Waals surface area contributed by atoms with Crippen LogP contribution in [0.2, 0.25) is 0 Å². The number of thiophene rings is 1. The Morgan fingerprint density at radius 1 is 0.864 bits per heavy atom. The molecule has 28 heteroatoms. The van der Waals surface area contributed by atoms with Crippen LogP contribution in [-0.2, 0) is 57.6 Å². The van der Waals surface area contributed by atoms with Gasteiger partial charge in [0.05, 0.1) is 54.8 Å². The third kappa shape index (κ3) is 13.4. The van der Waals surface area contributed by atoms with E-state index in [1.165, 1.54) is 22.4 Å². The van der Waals surface area contributed by atoms with Gasteiger partial charge in [-0.25, -0.2) is 4.79 Å². The zero-order valence-electron chi connectivity index (χ0n) is 45.2. The average molecular weight is 1150 g/mol. The van der Waals surface area contributed by atoms with Gasteiger partial charge in [-0.3, -0.25) is 58.6 Å². The summed E-state index contributed by atoms with van der Waals surface area (Å²) in [7, 11) is 0. The van der Waals surface area contributed by atoms with Gasteiger partial charge >= 0.3 is 5.97 Å². The highest BCUT2D eigenvalue weighted by Crippen LogP contribution is 2.58. The summed E-state index contributed by atoms with van der Waals surface area (Å²) >= 11 is 1.31. The first-order chi connectivity index (χ1) is 38.7. The number of hydrogen-bond donors (Lipinski definition) is 14. The molecule has 442 valence electrons. The molecule has 12 unspecified atom stereocenters. The molecular formula is C53H77N15O12S. The maximum absolute atomic E-state index is 16.3. The molecule has 3 aliphatic heterocycles. The quantitative estimate of drug-likeness (QED) is 0.0133.